The van der Waals surface area contributed by atoms with Gasteiger partial charge in [0, 0.05) is 19.1 Å². The van der Waals surface area contributed by atoms with Gasteiger partial charge in [-0.2, -0.15) is 10.1 Å². The Kier molecular flexibility index (Phi) is 4.57. The maximum atomic E-state index is 5.50. The molecular formula is C13H20N4O2. The molecular weight excluding hydrogens is 244 g/mol. The predicted octanol–water partition coefficient (Wildman–Crippen LogP) is 2.57. The first-order valence-corrected chi connectivity index (χ1v) is 6.55. The van der Waals surface area contributed by atoms with Crippen molar-refractivity contribution in [2.24, 2.45) is 0 Å². The Labute approximate surface area is 112 Å². The molecule has 0 amide bonds. The van der Waals surface area contributed by atoms with Crippen LogP contribution in [-0.4, -0.2) is 20.8 Å². The van der Waals surface area contributed by atoms with E-state index < -0.39 is 0 Å². The lowest BCUT2D eigenvalue weighted by molar-refractivity contribution is 0.330. The normalized spacial score (nSPS) is 11.2. The number of oxazole rings is 1. The van der Waals surface area contributed by atoms with Crippen molar-refractivity contribution in [2.75, 3.05) is 0 Å². The van der Waals surface area contributed by atoms with Gasteiger partial charge in [-0.25, -0.2) is 0 Å². The molecule has 0 aliphatic carbocycles. The highest BCUT2D eigenvalue weighted by molar-refractivity contribution is 5.16. The standard InChI is InChI=1S/C13H20N4O2/c1-4-5-17-8-12(7-15-17)19-13-16-11(9-18-13)6-14-10(2)3/h7-10,14H,4-6H2,1-3H3. The van der Waals surface area contributed by atoms with Gasteiger partial charge in [-0.1, -0.05) is 20.8 Å². The average Bonchev–Trinajstić information content (AvgIpc) is 2.98. The summed E-state index contributed by atoms with van der Waals surface area (Å²) < 4.78 is 12.6. The fourth-order valence-electron chi connectivity index (χ4n) is 1.57. The summed E-state index contributed by atoms with van der Waals surface area (Å²) in [6.07, 6.45) is 6.37. The molecule has 6 heteroatoms. The SMILES string of the molecule is CCCn1cc(Oc2nc(CNC(C)C)co2)cn1. The second-order valence-corrected chi connectivity index (χ2v) is 4.68. The fourth-order valence-corrected chi connectivity index (χ4v) is 1.57. The first-order valence-electron chi connectivity index (χ1n) is 6.55. The van der Waals surface area contributed by atoms with E-state index in [1.807, 2.05) is 10.9 Å². The van der Waals surface area contributed by atoms with E-state index in [4.69, 9.17) is 9.15 Å². The summed E-state index contributed by atoms with van der Waals surface area (Å²) in [6, 6.07) is 0.411. The summed E-state index contributed by atoms with van der Waals surface area (Å²) in [4.78, 5) is 4.24. The number of ether oxygens (including phenoxy) is 1. The molecule has 0 bridgehead atoms. The summed E-state index contributed by atoms with van der Waals surface area (Å²) in [5.41, 5.74) is 0.824. The number of nitrogens with one attached hydrogen (secondary N) is 1. The van der Waals surface area contributed by atoms with Crippen LogP contribution >= 0.6 is 0 Å². The van der Waals surface area contributed by atoms with Crippen LogP contribution in [0.1, 0.15) is 32.9 Å². The van der Waals surface area contributed by atoms with Crippen LogP contribution in [-0.2, 0) is 13.1 Å². The zero-order chi connectivity index (χ0) is 13.7. The van der Waals surface area contributed by atoms with Crippen molar-refractivity contribution in [3.8, 4) is 11.8 Å². The van der Waals surface area contributed by atoms with Crippen LogP contribution in [0.15, 0.2) is 23.1 Å². The molecule has 2 rings (SSSR count). The molecule has 19 heavy (non-hydrogen) atoms. The maximum Gasteiger partial charge on any atom is 0.399 e. The van der Waals surface area contributed by atoms with E-state index >= 15 is 0 Å². The second-order valence-electron chi connectivity index (χ2n) is 4.68. The number of aromatic nitrogens is 3. The molecule has 2 aromatic heterocycles. The zero-order valence-corrected chi connectivity index (χ0v) is 11.6. The third-order valence-electron chi connectivity index (χ3n) is 2.49. The highest BCUT2D eigenvalue weighted by Crippen LogP contribution is 2.19. The van der Waals surface area contributed by atoms with Gasteiger partial charge in [0.1, 0.15) is 6.26 Å². The molecule has 0 saturated carbocycles. The number of rotatable bonds is 7. The molecule has 0 spiro atoms. The number of hydrogen-bond acceptors (Lipinski definition) is 5. The Bertz CT molecular complexity index is 504. The number of hydrogen-bond donors (Lipinski definition) is 1. The molecule has 0 fully saturated rings. The van der Waals surface area contributed by atoms with Crippen molar-refractivity contribution >= 4 is 0 Å². The summed E-state index contributed by atoms with van der Waals surface area (Å²) in [7, 11) is 0. The monoisotopic (exact) mass is 264 g/mol. The lowest BCUT2D eigenvalue weighted by Crippen LogP contribution is -2.21. The van der Waals surface area contributed by atoms with Gasteiger partial charge in [0.05, 0.1) is 18.1 Å². The number of aryl methyl sites for hydroxylation is 1. The molecule has 2 heterocycles. The second kappa shape index (κ2) is 6.38. The van der Waals surface area contributed by atoms with Crippen LogP contribution in [0.5, 0.6) is 11.8 Å². The minimum Gasteiger partial charge on any atom is -0.417 e. The van der Waals surface area contributed by atoms with Gasteiger partial charge in [-0.3, -0.25) is 4.68 Å². The van der Waals surface area contributed by atoms with Gasteiger partial charge in [0.2, 0.25) is 0 Å². The molecule has 0 saturated heterocycles. The fraction of sp³-hybridized carbons (Fsp3) is 0.538. The highest BCUT2D eigenvalue weighted by Gasteiger charge is 2.08. The highest BCUT2D eigenvalue weighted by atomic mass is 16.6. The Hall–Kier alpha value is -1.82. The van der Waals surface area contributed by atoms with Crippen LogP contribution in [0.3, 0.4) is 0 Å². The van der Waals surface area contributed by atoms with Crippen LogP contribution in [0.2, 0.25) is 0 Å². The Morgan fingerprint density at radius 1 is 1.47 bits per heavy atom. The van der Waals surface area contributed by atoms with Crippen LogP contribution in [0.4, 0.5) is 0 Å². The Balaban J connectivity index is 1.91. The summed E-state index contributed by atoms with van der Waals surface area (Å²) in [6.45, 7) is 7.81. The van der Waals surface area contributed by atoms with Crippen LogP contribution < -0.4 is 10.1 Å². The minimum absolute atomic E-state index is 0.247. The van der Waals surface area contributed by atoms with Crippen LogP contribution in [0.25, 0.3) is 0 Å². The van der Waals surface area contributed by atoms with Gasteiger partial charge >= 0.3 is 6.08 Å². The molecule has 0 radical (unpaired) electrons. The van der Waals surface area contributed by atoms with Crippen molar-refractivity contribution in [3.05, 3.63) is 24.4 Å². The Morgan fingerprint density at radius 3 is 3.05 bits per heavy atom. The van der Waals surface area contributed by atoms with Crippen molar-refractivity contribution in [1.82, 2.24) is 20.1 Å². The van der Waals surface area contributed by atoms with Gasteiger partial charge in [-0.05, 0) is 6.42 Å². The summed E-state index contributed by atoms with van der Waals surface area (Å²) in [5.74, 6) is 0.638. The quantitative estimate of drug-likeness (QED) is 0.832. The van der Waals surface area contributed by atoms with Crippen molar-refractivity contribution in [1.29, 1.82) is 0 Å². The molecule has 0 aliphatic rings. The lowest BCUT2D eigenvalue weighted by Gasteiger charge is -2.03. The molecule has 2 aromatic rings. The van der Waals surface area contributed by atoms with Crippen molar-refractivity contribution < 1.29 is 9.15 Å². The van der Waals surface area contributed by atoms with E-state index in [-0.39, 0.29) is 6.08 Å². The molecule has 0 aliphatic heterocycles. The van der Waals surface area contributed by atoms with E-state index in [1.54, 1.807) is 12.5 Å². The molecule has 6 nitrogen and oxygen atoms in total. The third kappa shape index (κ3) is 4.10. The minimum atomic E-state index is 0.247. The largest absolute Gasteiger partial charge is 0.417 e. The van der Waals surface area contributed by atoms with Gasteiger partial charge in [0.25, 0.3) is 0 Å². The van der Waals surface area contributed by atoms with E-state index in [1.165, 1.54) is 0 Å². The number of nitrogens with zero attached hydrogens (tertiary/aromatic N) is 3. The third-order valence-corrected chi connectivity index (χ3v) is 2.49. The molecule has 0 aromatic carbocycles. The summed E-state index contributed by atoms with van der Waals surface area (Å²) in [5, 5.41) is 7.44. The van der Waals surface area contributed by atoms with Crippen molar-refractivity contribution in [2.45, 2.75) is 46.3 Å². The molecule has 104 valence electrons. The first-order chi connectivity index (χ1) is 9.17. The molecule has 0 unspecified atom stereocenters. The predicted molar refractivity (Wildman–Crippen MR) is 71.1 cm³/mol. The average molecular weight is 264 g/mol. The topological polar surface area (TPSA) is 65.1 Å². The van der Waals surface area contributed by atoms with E-state index in [9.17, 15) is 0 Å². The van der Waals surface area contributed by atoms with Crippen LogP contribution in [0, 0.1) is 0 Å². The van der Waals surface area contributed by atoms with Gasteiger partial charge in [0.15, 0.2) is 5.75 Å². The van der Waals surface area contributed by atoms with Gasteiger partial charge in [-0.15, -0.1) is 0 Å². The Morgan fingerprint density at radius 2 is 2.32 bits per heavy atom. The van der Waals surface area contributed by atoms with Gasteiger partial charge < -0.3 is 14.5 Å². The van der Waals surface area contributed by atoms with E-state index in [0.29, 0.717) is 18.3 Å². The smallest absolute Gasteiger partial charge is 0.399 e. The van der Waals surface area contributed by atoms with Crippen molar-refractivity contribution in [3.63, 3.8) is 0 Å². The van der Waals surface area contributed by atoms with E-state index in [0.717, 1.165) is 18.7 Å². The molecule has 1 N–H and O–H groups in total. The summed E-state index contributed by atoms with van der Waals surface area (Å²) >= 11 is 0. The lowest BCUT2D eigenvalue weighted by atomic mass is 10.4. The maximum absolute atomic E-state index is 5.50. The molecule has 0 atom stereocenters. The first kappa shape index (κ1) is 13.6. The zero-order valence-electron chi connectivity index (χ0n) is 11.6. The van der Waals surface area contributed by atoms with E-state index in [2.05, 4.69) is 36.2 Å².